The number of aliphatic carboxylic acids is 1. The van der Waals surface area contributed by atoms with E-state index in [1.54, 1.807) is 6.26 Å². The molecule has 4 heteroatoms. The predicted molar refractivity (Wildman–Crippen MR) is 71.6 cm³/mol. The fraction of sp³-hybridized carbons (Fsp3) is 0.267. The van der Waals surface area contributed by atoms with Crippen molar-refractivity contribution in [3.63, 3.8) is 0 Å². The maximum atomic E-state index is 11.0. The first-order chi connectivity index (χ1) is 9.16. The Morgan fingerprint density at radius 3 is 2.58 bits per heavy atom. The number of nitrogens with zero attached hydrogens (tertiary/aromatic N) is 1. The average molecular weight is 259 g/mol. The summed E-state index contributed by atoms with van der Waals surface area (Å²) in [5.74, 6) is -0.0710. The second-order valence-corrected chi connectivity index (χ2v) is 4.46. The lowest BCUT2D eigenvalue weighted by Gasteiger charge is -2.27. The van der Waals surface area contributed by atoms with Gasteiger partial charge in [0.05, 0.1) is 19.4 Å². The summed E-state index contributed by atoms with van der Waals surface area (Å²) in [7, 11) is 0. The molecule has 2 aromatic rings. The van der Waals surface area contributed by atoms with Crippen molar-refractivity contribution in [3.05, 3.63) is 60.1 Å². The SMILES string of the molecule is CC(c1ccccc1)N(CC(=O)O)Cc1ccco1. The molecule has 1 N–H and O–H groups in total. The number of benzene rings is 1. The van der Waals surface area contributed by atoms with E-state index in [1.165, 1.54) is 0 Å². The molecule has 19 heavy (non-hydrogen) atoms. The van der Waals surface area contributed by atoms with Gasteiger partial charge < -0.3 is 9.52 Å². The van der Waals surface area contributed by atoms with Crippen LogP contribution < -0.4 is 0 Å². The van der Waals surface area contributed by atoms with Gasteiger partial charge in [0.2, 0.25) is 0 Å². The molecule has 1 aromatic heterocycles. The van der Waals surface area contributed by atoms with Gasteiger partial charge in [-0.3, -0.25) is 9.69 Å². The van der Waals surface area contributed by atoms with E-state index >= 15 is 0 Å². The number of carboxylic acid groups (broad SMARTS) is 1. The molecular weight excluding hydrogens is 242 g/mol. The fourth-order valence-electron chi connectivity index (χ4n) is 2.05. The third-order valence-electron chi connectivity index (χ3n) is 3.11. The third kappa shape index (κ3) is 3.69. The minimum Gasteiger partial charge on any atom is -0.480 e. The predicted octanol–water partition coefficient (Wildman–Crippen LogP) is 2.93. The molecule has 0 saturated carbocycles. The van der Waals surface area contributed by atoms with E-state index in [4.69, 9.17) is 9.52 Å². The number of carboxylic acids is 1. The summed E-state index contributed by atoms with van der Waals surface area (Å²) in [5.41, 5.74) is 1.09. The highest BCUT2D eigenvalue weighted by molar-refractivity contribution is 5.69. The molecule has 0 amide bonds. The Balaban J connectivity index is 2.15. The highest BCUT2D eigenvalue weighted by Gasteiger charge is 2.19. The van der Waals surface area contributed by atoms with Gasteiger partial charge in [-0.1, -0.05) is 30.3 Å². The lowest BCUT2D eigenvalue weighted by atomic mass is 10.1. The van der Waals surface area contributed by atoms with E-state index in [0.29, 0.717) is 6.54 Å². The zero-order chi connectivity index (χ0) is 13.7. The monoisotopic (exact) mass is 259 g/mol. The first-order valence-corrected chi connectivity index (χ1v) is 6.20. The van der Waals surface area contributed by atoms with Crippen LogP contribution in [0.5, 0.6) is 0 Å². The fourth-order valence-corrected chi connectivity index (χ4v) is 2.05. The molecule has 1 atom stereocenters. The van der Waals surface area contributed by atoms with Gasteiger partial charge >= 0.3 is 5.97 Å². The van der Waals surface area contributed by atoms with Crippen molar-refractivity contribution in [1.29, 1.82) is 0 Å². The molecule has 100 valence electrons. The first-order valence-electron chi connectivity index (χ1n) is 6.20. The van der Waals surface area contributed by atoms with Gasteiger partial charge in [0.1, 0.15) is 5.76 Å². The Hall–Kier alpha value is -2.07. The molecule has 0 radical (unpaired) electrons. The molecule has 2 rings (SSSR count). The molecule has 0 bridgehead atoms. The van der Waals surface area contributed by atoms with Crippen molar-refractivity contribution in [3.8, 4) is 0 Å². The van der Waals surface area contributed by atoms with Gasteiger partial charge in [-0.15, -0.1) is 0 Å². The van der Waals surface area contributed by atoms with Gasteiger partial charge in [0.15, 0.2) is 0 Å². The van der Waals surface area contributed by atoms with Crippen LogP contribution in [0.3, 0.4) is 0 Å². The minimum absolute atomic E-state index is 0.0161. The summed E-state index contributed by atoms with van der Waals surface area (Å²) >= 11 is 0. The number of hydrogen-bond acceptors (Lipinski definition) is 3. The molecule has 0 aliphatic rings. The van der Waals surface area contributed by atoms with Crippen molar-refractivity contribution in [2.75, 3.05) is 6.54 Å². The van der Waals surface area contributed by atoms with Crippen LogP contribution in [0.2, 0.25) is 0 Å². The van der Waals surface area contributed by atoms with E-state index in [2.05, 4.69) is 0 Å². The average Bonchev–Trinajstić information content (AvgIpc) is 2.90. The second-order valence-electron chi connectivity index (χ2n) is 4.46. The van der Waals surface area contributed by atoms with Gasteiger partial charge in [0, 0.05) is 6.04 Å². The molecule has 1 unspecified atom stereocenters. The lowest BCUT2D eigenvalue weighted by Crippen LogP contribution is -2.31. The summed E-state index contributed by atoms with van der Waals surface area (Å²) in [6.07, 6.45) is 1.60. The van der Waals surface area contributed by atoms with Gasteiger partial charge in [-0.05, 0) is 24.6 Å². The third-order valence-corrected chi connectivity index (χ3v) is 3.11. The maximum absolute atomic E-state index is 11.0. The second kappa shape index (κ2) is 6.20. The summed E-state index contributed by atoms with van der Waals surface area (Å²) in [4.78, 5) is 12.9. The van der Waals surface area contributed by atoms with Gasteiger partial charge in [-0.2, -0.15) is 0 Å². The van der Waals surface area contributed by atoms with Crippen molar-refractivity contribution < 1.29 is 14.3 Å². The Bertz CT molecular complexity index is 507. The zero-order valence-corrected chi connectivity index (χ0v) is 10.8. The Labute approximate surface area is 112 Å². The van der Waals surface area contributed by atoms with Crippen LogP contribution in [0.15, 0.2) is 53.1 Å². The van der Waals surface area contributed by atoms with Crippen LogP contribution in [-0.4, -0.2) is 22.5 Å². The highest BCUT2D eigenvalue weighted by Crippen LogP contribution is 2.22. The number of furan rings is 1. The number of rotatable bonds is 6. The Morgan fingerprint density at radius 1 is 1.26 bits per heavy atom. The molecule has 1 heterocycles. The topological polar surface area (TPSA) is 53.7 Å². The Kier molecular flexibility index (Phi) is 4.36. The molecule has 0 spiro atoms. The molecular formula is C15H17NO3. The van der Waals surface area contributed by atoms with Crippen LogP contribution in [0.4, 0.5) is 0 Å². The summed E-state index contributed by atoms with van der Waals surface area (Å²) < 4.78 is 5.30. The van der Waals surface area contributed by atoms with E-state index in [9.17, 15) is 4.79 Å². The normalized spacial score (nSPS) is 12.5. The van der Waals surface area contributed by atoms with Gasteiger partial charge in [-0.25, -0.2) is 0 Å². The summed E-state index contributed by atoms with van der Waals surface area (Å²) in [5, 5.41) is 9.04. The van der Waals surface area contributed by atoms with Gasteiger partial charge in [0.25, 0.3) is 0 Å². The Morgan fingerprint density at radius 2 is 2.00 bits per heavy atom. The first kappa shape index (κ1) is 13.4. The largest absolute Gasteiger partial charge is 0.480 e. The molecule has 1 aromatic carbocycles. The van der Waals surface area contributed by atoms with Crippen LogP contribution in [0.1, 0.15) is 24.3 Å². The molecule has 0 fully saturated rings. The molecule has 0 aliphatic heterocycles. The van der Waals surface area contributed by atoms with E-state index in [0.717, 1.165) is 11.3 Å². The molecule has 0 saturated heterocycles. The molecule has 4 nitrogen and oxygen atoms in total. The van der Waals surface area contributed by atoms with Crippen LogP contribution >= 0.6 is 0 Å². The van der Waals surface area contributed by atoms with Crippen molar-refractivity contribution in [2.24, 2.45) is 0 Å². The number of carbonyl (C=O) groups is 1. The summed E-state index contributed by atoms with van der Waals surface area (Å²) in [6.45, 7) is 2.47. The van der Waals surface area contributed by atoms with E-state index in [1.807, 2.05) is 54.3 Å². The summed E-state index contributed by atoms with van der Waals surface area (Å²) in [6, 6.07) is 13.5. The van der Waals surface area contributed by atoms with Crippen molar-refractivity contribution >= 4 is 5.97 Å². The minimum atomic E-state index is -0.839. The van der Waals surface area contributed by atoms with E-state index < -0.39 is 5.97 Å². The van der Waals surface area contributed by atoms with Crippen molar-refractivity contribution in [1.82, 2.24) is 4.90 Å². The zero-order valence-electron chi connectivity index (χ0n) is 10.8. The van der Waals surface area contributed by atoms with E-state index in [-0.39, 0.29) is 12.6 Å². The van der Waals surface area contributed by atoms with Crippen molar-refractivity contribution in [2.45, 2.75) is 19.5 Å². The molecule has 0 aliphatic carbocycles. The van der Waals surface area contributed by atoms with Crippen LogP contribution in [-0.2, 0) is 11.3 Å². The smallest absolute Gasteiger partial charge is 0.317 e. The maximum Gasteiger partial charge on any atom is 0.317 e. The number of hydrogen-bond donors (Lipinski definition) is 1. The quantitative estimate of drug-likeness (QED) is 0.866. The standard InChI is InChI=1S/C15H17NO3/c1-12(13-6-3-2-4-7-13)16(11-15(17)18)10-14-8-5-9-19-14/h2-9,12H,10-11H2,1H3,(H,17,18). The lowest BCUT2D eigenvalue weighted by molar-refractivity contribution is -0.139. The highest BCUT2D eigenvalue weighted by atomic mass is 16.4. The van der Waals surface area contributed by atoms with Crippen LogP contribution in [0.25, 0.3) is 0 Å². The van der Waals surface area contributed by atoms with Crippen LogP contribution in [0, 0.1) is 0 Å².